The van der Waals surface area contributed by atoms with Crippen LogP contribution in [0.1, 0.15) is 6.42 Å². The average molecular weight is 312 g/mol. The lowest BCUT2D eigenvalue weighted by molar-refractivity contribution is 0.209. The molecule has 1 saturated heterocycles. The van der Waals surface area contributed by atoms with E-state index in [-0.39, 0.29) is 6.10 Å². The number of pyridine rings is 1. The van der Waals surface area contributed by atoms with Crippen molar-refractivity contribution in [3.8, 4) is 17.0 Å². The van der Waals surface area contributed by atoms with Crippen molar-refractivity contribution in [3.05, 3.63) is 30.6 Å². The van der Waals surface area contributed by atoms with E-state index in [0.717, 1.165) is 42.0 Å². The lowest BCUT2D eigenvalue weighted by atomic mass is 10.1. The van der Waals surface area contributed by atoms with E-state index in [0.29, 0.717) is 5.82 Å². The van der Waals surface area contributed by atoms with Gasteiger partial charge >= 0.3 is 0 Å². The molecule has 1 aliphatic rings. The second-order valence-electron chi connectivity index (χ2n) is 6.13. The number of hydrogen-bond donors (Lipinski definition) is 1. The third-order valence-electron chi connectivity index (χ3n) is 4.30. The first-order chi connectivity index (χ1) is 11.1. The van der Waals surface area contributed by atoms with Crippen LogP contribution in [0, 0.1) is 0 Å². The summed E-state index contributed by atoms with van der Waals surface area (Å²) in [4.78, 5) is 2.28. The Morgan fingerprint density at radius 3 is 2.96 bits per heavy atom. The number of likely N-dealkylation sites (tertiary alicyclic amines) is 1. The number of likely N-dealkylation sites (N-methyl/N-ethyl adjacent to an activating group) is 1. The minimum atomic E-state index is 0.220. The molecule has 1 unspecified atom stereocenters. The molecule has 0 aromatic carbocycles. The van der Waals surface area contributed by atoms with Crippen LogP contribution < -0.4 is 10.5 Å². The number of ether oxygens (including phenoxy) is 1. The van der Waals surface area contributed by atoms with Crippen molar-refractivity contribution in [2.45, 2.75) is 12.5 Å². The molecule has 1 fully saturated rings. The van der Waals surface area contributed by atoms with Crippen molar-refractivity contribution in [1.29, 1.82) is 0 Å². The van der Waals surface area contributed by atoms with Gasteiger partial charge in [0, 0.05) is 38.0 Å². The van der Waals surface area contributed by atoms with Gasteiger partial charge in [-0.25, -0.2) is 4.52 Å². The van der Waals surface area contributed by atoms with E-state index >= 15 is 0 Å². The second-order valence-corrected chi connectivity index (χ2v) is 6.13. The van der Waals surface area contributed by atoms with Crippen LogP contribution in [0.4, 0.5) is 5.82 Å². The molecule has 0 amide bonds. The number of rotatable bonds is 3. The fourth-order valence-electron chi connectivity index (χ4n) is 3.16. The monoisotopic (exact) mass is 312 g/mol. The number of nitrogens with zero attached hydrogens (tertiary/aromatic N) is 5. The van der Waals surface area contributed by atoms with Gasteiger partial charge in [-0.15, -0.1) is 0 Å². The molecule has 2 N–H and O–H groups in total. The number of nitrogens with two attached hydrogens (primary N) is 1. The van der Waals surface area contributed by atoms with Crippen LogP contribution in [0.5, 0.6) is 5.75 Å². The summed E-state index contributed by atoms with van der Waals surface area (Å²) in [5.74, 6) is 1.34. The Balaban J connectivity index is 1.70. The maximum Gasteiger partial charge on any atom is 0.165 e. The first kappa shape index (κ1) is 14.1. The summed E-state index contributed by atoms with van der Waals surface area (Å²) in [7, 11) is 4.05. The lowest BCUT2D eigenvalue weighted by Crippen LogP contribution is -2.21. The van der Waals surface area contributed by atoms with E-state index in [9.17, 15) is 0 Å². The average Bonchev–Trinajstić information content (AvgIpc) is 3.18. The van der Waals surface area contributed by atoms with Gasteiger partial charge < -0.3 is 15.4 Å². The molecule has 3 aromatic heterocycles. The van der Waals surface area contributed by atoms with Crippen LogP contribution in [-0.4, -0.2) is 50.5 Å². The molecule has 4 heterocycles. The Hall–Kier alpha value is -2.54. The molecule has 0 radical (unpaired) electrons. The maximum atomic E-state index is 6.20. The van der Waals surface area contributed by atoms with Gasteiger partial charge in [-0.2, -0.15) is 10.2 Å². The highest BCUT2D eigenvalue weighted by atomic mass is 16.5. The summed E-state index contributed by atoms with van der Waals surface area (Å²) in [6, 6.07) is 5.91. The van der Waals surface area contributed by atoms with Crippen LogP contribution in [0.3, 0.4) is 0 Å². The van der Waals surface area contributed by atoms with E-state index in [1.54, 1.807) is 10.7 Å². The van der Waals surface area contributed by atoms with Crippen LogP contribution in [0.2, 0.25) is 0 Å². The van der Waals surface area contributed by atoms with Gasteiger partial charge in [0.25, 0.3) is 0 Å². The zero-order valence-electron chi connectivity index (χ0n) is 13.3. The molecule has 7 heteroatoms. The van der Waals surface area contributed by atoms with Crippen molar-refractivity contribution in [3.63, 3.8) is 0 Å². The fraction of sp³-hybridized carbons (Fsp3) is 0.375. The summed E-state index contributed by atoms with van der Waals surface area (Å²) in [6.45, 7) is 2.02. The molecule has 1 aliphatic heterocycles. The van der Waals surface area contributed by atoms with Crippen molar-refractivity contribution in [1.82, 2.24) is 24.3 Å². The van der Waals surface area contributed by atoms with Crippen molar-refractivity contribution < 1.29 is 4.74 Å². The molecule has 3 aromatic rings. The number of nitrogen functional groups attached to an aromatic ring is 1. The molecule has 0 spiro atoms. The van der Waals surface area contributed by atoms with Crippen molar-refractivity contribution in [2.24, 2.45) is 7.05 Å². The Morgan fingerprint density at radius 1 is 1.30 bits per heavy atom. The summed E-state index contributed by atoms with van der Waals surface area (Å²) < 4.78 is 9.81. The minimum absolute atomic E-state index is 0.220. The number of anilines is 1. The largest absolute Gasteiger partial charge is 0.485 e. The summed E-state index contributed by atoms with van der Waals surface area (Å²) in [5, 5.41) is 8.58. The zero-order chi connectivity index (χ0) is 16.0. The predicted molar refractivity (Wildman–Crippen MR) is 88.3 cm³/mol. The smallest absolute Gasteiger partial charge is 0.165 e. The van der Waals surface area contributed by atoms with Gasteiger partial charge in [-0.1, -0.05) is 0 Å². The number of aryl methyl sites for hydroxylation is 1. The van der Waals surface area contributed by atoms with Gasteiger partial charge in [0.05, 0.1) is 11.7 Å². The third kappa shape index (κ3) is 2.53. The van der Waals surface area contributed by atoms with E-state index < -0.39 is 0 Å². The molecule has 23 heavy (non-hydrogen) atoms. The standard InChI is InChI=1S/C16H20N6O/c1-20-5-4-13(10-20)23-14-9-18-21(2)16(14)11-3-6-22-12(7-11)8-15(17)19-22/h3,6-9,13H,4-5,10H2,1-2H3,(H2,17,19). The fourth-order valence-corrected chi connectivity index (χ4v) is 3.16. The van der Waals surface area contributed by atoms with Gasteiger partial charge in [0.2, 0.25) is 0 Å². The first-order valence-electron chi connectivity index (χ1n) is 7.72. The first-order valence-corrected chi connectivity index (χ1v) is 7.72. The molecular formula is C16H20N6O. The number of fused-ring (bicyclic) bond motifs is 1. The van der Waals surface area contributed by atoms with Gasteiger partial charge in [-0.05, 0) is 25.6 Å². The van der Waals surface area contributed by atoms with E-state index in [1.807, 2.05) is 36.1 Å². The molecule has 1 atom stereocenters. The maximum absolute atomic E-state index is 6.20. The molecule has 0 saturated carbocycles. The Bertz CT molecular complexity index is 851. The van der Waals surface area contributed by atoms with Gasteiger partial charge in [-0.3, -0.25) is 4.68 Å². The lowest BCUT2D eigenvalue weighted by Gasteiger charge is -2.14. The molecule has 0 aliphatic carbocycles. The quantitative estimate of drug-likeness (QED) is 0.791. The molecule has 7 nitrogen and oxygen atoms in total. The van der Waals surface area contributed by atoms with Crippen LogP contribution in [0.15, 0.2) is 30.6 Å². The SMILES string of the molecule is CN1CCC(Oc2cnn(C)c2-c2ccn3nc(N)cc3c2)C1. The number of hydrogen-bond acceptors (Lipinski definition) is 5. The normalized spacial score (nSPS) is 18.8. The summed E-state index contributed by atoms with van der Waals surface area (Å²) in [6.07, 6.45) is 4.96. The molecular weight excluding hydrogens is 292 g/mol. The Morgan fingerprint density at radius 2 is 2.17 bits per heavy atom. The Labute approximate surface area is 134 Å². The van der Waals surface area contributed by atoms with Crippen LogP contribution >= 0.6 is 0 Å². The van der Waals surface area contributed by atoms with E-state index in [1.165, 1.54) is 0 Å². The Kier molecular flexibility index (Phi) is 3.23. The van der Waals surface area contributed by atoms with E-state index in [2.05, 4.69) is 22.1 Å². The van der Waals surface area contributed by atoms with Crippen molar-refractivity contribution >= 4 is 11.3 Å². The second kappa shape index (κ2) is 5.27. The highest BCUT2D eigenvalue weighted by Crippen LogP contribution is 2.32. The predicted octanol–water partition coefficient (Wildman–Crippen LogP) is 1.40. The van der Waals surface area contributed by atoms with E-state index in [4.69, 9.17) is 10.5 Å². The van der Waals surface area contributed by atoms with Gasteiger partial charge in [0.1, 0.15) is 17.6 Å². The zero-order valence-corrected chi connectivity index (χ0v) is 13.3. The molecule has 120 valence electrons. The summed E-state index contributed by atoms with van der Waals surface area (Å²) >= 11 is 0. The van der Waals surface area contributed by atoms with Crippen LogP contribution in [-0.2, 0) is 7.05 Å². The molecule has 0 bridgehead atoms. The van der Waals surface area contributed by atoms with Crippen molar-refractivity contribution in [2.75, 3.05) is 25.9 Å². The summed E-state index contributed by atoms with van der Waals surface area (Å²) in [5.41, 5.74) is 8.73. The minimum Gasteiger partial charge on any atom is -0.485 e. The highest BCUT2D eigenvalue weighted by molar-refractivity contribution is 5.71. The molecule has 4 rings (SSSR count). The number of aromatic nitrogens is 4. The highest BCUT2D eigenvalue weighted by Gasteiger charge is 2.23. The topological polar surface area (TPSA) is 73.6 Å². The third-order valence-corrected chi connectivity index (χ3v) is 4.30. The van der Waals surface area contributed by atoms with Gasteiger partial charge in [0.15, 0.2) is 5.75 Å². The van der Waals surface area contributed by atoms with Crippen LogP contribution in [0.25, 0.3) is 16.8 Å².